The van der Waals surface area contributed by atoms with Crippen molar-refractivity contribution in [3.05, 3.63) is 17.7 Å². The standard InChI is InChI=1S/C6H6N2O2/c1-8-4-7-5(2-9)6(8)3-10/h2-4H,1H3. The van der Waals surface area contributed by atoms with Gasteiger partial charge in [-0.05, 0) is 0 Å². The Labute approximate surface area is 57.5 Å². The van der Waals surface area contributed by atoms with Gasteiger partial charge in [-0.15, -0.1) is 0 Å². The Morgan fingerprint density at radius 1 is 1.50 bits per heavy atom. The SMILES string of the molecule is Cn1cnc(C=O)c1C=O. The first-order valence-corrected chi connectivity index (χ1v) is 2.71. The molecule has 0 aliphatic carbocycles. The Bertz CT molecular complexity index is 265. The molecular formula is C6H6N2O2. The van der Waals surface area contributed by atoms with Crippen molar-refractivity contribution in [1.29, 1.82) is 0 Å². The molecule has 4 nitrogen and oxygen atoms in total. The number of rotatable bonds is 2. The molecular weight excluding hydrogens is 132 g/mol. The first-order valence-electron chi connectivity index (χ1n) is 2.71. The molecule has 1 rings (SSSR count). The van der Waals surface area contributed by atoms with Crippen molar-refractivity contribution in [1.82, 2.24) is 9.55 Å². The molecule has 0 spiro atoms. The van der Waals surface area contributed by atoms with Gasteiger partial charge in [0.05, 0.1) is 6.33 Å². The summed E-state index contributed by atoms with van der Waals surface area (Å²) in [6.07, 6.45) is 2.59. The van der Waals surface area contributed by atoms with E-state index in [4.69, 9.17) is 0 Å². The lowest BCUT2D eigenvalue weighted by atomic mass is 10.4. The fraction of sp³-hybridized carbons (Fsp3) is 0.167. The number of nitrogens with zero attached hydrogens (tertiary/aromatic N) is 2. The summed E-state index contributed by atoms with van der Waals surface area (Å²) < 4.78 is 1.50. The number of carbonyl (C=O) groups excluding carboxylic acids is 2. The van der Waals surface area contributed by atoms with Crippen molar-refractivity contribution < 1.29 is 9.59 Å². The van der Waals surface area contributed by atoms with E-state index in [1.165, 1.54) is 10.9 Å². The van der Waals surface area contributed by atoms with Crippen LogP contribution in [0, 0.1) is 0 Å². The van der Waals surface area contributed by atoms with Crippen LogP contribution in [0.3, 0.4) is 0 Å². The third kappa shape index (κ3) is 0.834. The molecule has 0 aliphatic rings. The predicted octanol–water partition coefficient (Wildman–Crippen LogP) is 0.0451. The van der Waals surface area contributed by atoms with Crippen LogP contribution in [-0.4, -0.2) is 22.1 Å². The highest BCUT2D eigenvalue weighted by molar-refractivity contribution is 5.86. The molecule has 0 atom stereocenters. The third-order valence-corrected chi connectivity index (χ3v) is 1.24. The second-order valence-corrected chi connectivity index (χ2v) is 1.86. The number of hydrogen-bond donors (Lipinski definition) is 0. The number of hydrogen-bond acceptors (Lipinski definition) is 3. The van der Waals surface area contributed by atoms with E-state index in [0.29, 0.717) is 18.3 Å². The van der Waals surface area contributed by atoms with E-state index in [2.05, 4.69) is 4.98 Å². The minimum absolute atomic E-state index is 0.192. The topological polar surface area (TPSA) is 52.0 Å². The molecule has 0 radical (unpaired) electrons. The molecule has 1 aromatic heterocycles. The molecule has 52 valence electrons. The van der Waals surface area contributed by atoms with Crippen LogP contribution >= 0.6 is 0 Å². The summed E-state index contributed by atoms with van der Waals surface area (Å²) in [6.45, 7) is 0. The van der Waals surface area contributed by atoms with E-state index >= 15 is 0 Å². The molecule has 0 saturated heterocycles. The van der Waals surface area contributed by atoms with Crippen molar-refractivity contribution in [3.63, 3.8) is 0 Å². The average Bonchev–Trinajstić information content (AvgIpc) is 2.30. The molecule has 0 aliphatic heterocycles. The first-order chi connectivity index (χ1) is 4.79. The molecule has 0 aromatic carbocycles. The largest absolute Gasteiger partial charge is 0.331 e. The summed E-state index contributed by atoms with van der Waals surface area (Å²) in [6, 6.07) is 0. The second kappa shape index (κ2) is 2.43. The summed E-state index contributed by atoms with van der Waals surface area (Å²) in [5, 5.41) is 0. The predicted molar refractivity (Wildman–Crippen MR) is 34.0 cm³/mol. The number of imidazole rings is 1. The monoisotopic (exact) mass is 138 g/mol. The third-order valence-electron chi connectivity index (χ3n) is 1.24. The zero-order valence-electron chi connectivity index (χ0n) is 5.44. The molecule has 0 N–H and O–H groups in total. The van der Waals surface area contributed by atoms with E-state index in [0.717, 1.165) is 0 Å². The summed E-state index contributed by atoms with van der Waals surface area (Å²) in [4.78, 5) is 24.1. The Hall–Kier alpha value is -1.45. The van der Waals surface area contributed by atoms with Crippen LogP contribution < -0.4 is 0 Å². The molecule has 0 fully saturated rings. The van der Waals surface area contributed by atoms with Crippen LogP contribution in [0.15, 0.2) is 6.33 Å². The van der Waals surface area contributed by atoms with Gasteiger partial charge in [0.1, 0.15) is 11.4 Å². The maximum Gasteiger partial charge on any atom is 0.170 e. The molecule has 1 heterocycles. The highest BCUT2D eigenvalue weighted by Crippen LogP contribution is 1.98. The van der Waals surface area contributed by atoms with Crippen LogP contribution in [0.5, 0.6) is 0 Å². The van der Waals surface area contributed by atoms with Crippen molar-refractivity contribution in [2.45, 2.75) is 0 Å². The van der Waals surface area contributed by atoms with Gasteiger partial charge in [-0.1, -0.05) is 0 Å². The maximum atomic E-state index is 10.2. The lowest BCUT2D eigenvalue weighted by molar-refractivity contribution is 0.108. The quantitative estimate of drug-likeness (QED) is 0.542. The van der Waals surface area contributed by atoms with E-state index < -0.39 is 0 Å². The first kappa shape index (κ1) is 6.67. The zero-order valence-corrected chi connectivity index (χ0v) is 5.44. The Kier molecular flexibility index (Phi) is 1.62. The number of carbonyl (C=O) groups is 2. The second-order valence-electron chi connectivity index (χ2n) is 1.86. The summed E-state index contributed by atoms with van der Waals surface area (Å²) in [7, 11) is 1.66. The zero-order chi connectivity index (χ0) is 7.56. The molecule has 1 aromatic rings. The minimum atomic E-state index is 0.192. The van der Waals surface area contributed by atoms with E-state index in [1.807, 2.05) is 0 Å². The van der Waals surface area contributed by atoms with Crippen molar-refractivity contribution in [2.24, 2.45) is 7.05 Å². The number of aldehydes is 2. The van der Waals surface area contributed by atoms with Gasteiger partial charge in [0.2, 0.25) is 0 Å². The lowest BCUT2D eigenvalue weighted by Gasteiger charge is -1.89. The fourth-order valence-corrected chi connectivity index (χ4v) is 0.692. The van der Waals surface area contributed by atoms with Crippen LogP contribution in [0.4, 0.5) is 0 Å². The smallest absolute Gasteiger partial charge is 0.170 e. The molecule has 0 saturated carbocycles. The van der Waals surface area contributed by atoms with Crippen LogP contribution in [-0.2, 0) is 7.05 Å². The van der Waals surface area contributed by atoms with Crippen LogP contribution in [0.1, 0.15) is 21.0 Å². The maximum absolute atomic E-state index is 10.2. The van der Waals surface area contributed by atoms with Gasteiger partial charge in [-0.25, -0.2) is 4.98 Å². The Balaban J connectivity index is 3.25. The van der Waals surface area contributed by atoms with Crippen molar-refractivity contribution in [3.8, 4) is 0 Å². The van der Waals surface area contributed by atoms with Gasteiger partial charge in [0, 0.05) is 7.05 Å². The average molecular weight is 138 g/mol. The molecule has 0 unspecified atom stereocenters. The Morgan fingerprint density at radius 2 is 2.20 bits per heavy atom. The molecule has 0 bridgehead atoms. The van der Waals surface area contributed by atoms with Gasteiger partial charge in [0.15, 0.2) is 12.6 Å². The van der Waals surface area contributed by atoms with E-state index in [1.54, 1.807) is 7.05 Å². The normalized spacial score (nSPS) is 9.30. The van der Waals surface area contributed by atoms with E-state index in [9.17, 15) is 9.59 Å². The van der Waals surface area contributed by atoms with E-state index in [-0.39, 0.29) is 5.69 Å². The van der Waals surface area contributed by atoms with Gasteiger partial charge < -0.3 is 4.57 Å². The number of aryl methyl sites for hydroxylation is 1. The van der Waals surface area contributed by atoms with Crippen LogP contribution in [0.25, 0.3) is 0 Å². The Morgan fingerprint density at radius 3 is 2.60 bits per heavy atom. The molecule has 10 heavy (non-hydrogen) atoms. The fourth-order valence-electron chi connectivity index (χ4n) is 0.692. The van der Waals surface area contributed by atoms with Crippen molar-refractivity contribution in [2.75, 3.05) is 0 Å². The minimum Gasteiger partial charge on any atom is -0.331 e. The van der Waals surface area contributed by atoms with Gasteiger partial charge >= 0.3 is 0 Å². The highest BCUT2D eigenvalue weighted by atomic mass is 16.1. The highest BCUT2D eigenvalue weighted by Gasteiger charge is 2.04. The van der Waals surface area contributed by atoms with Gasteiger partial charge in [-0.3, -0.25) is 9.59 Å². The van der Waals surface area contributed by atoms with Crippen LogP contribution in [0.2, 0.25) is 0 Å². The summed E-state index contributed by atoms with van der Waals surface area (Å²) in [5.74, 6) is 0. The summed E-state index contributed by atoms with van der Waals surface area (Å²) in [5.41, 5.74) is 0.507. The molecule has 4 heteroatoms. The van der Waals surface area contributed by atoms with Gasteiger partial charge in [-0.2, -0.15) is 0 Å². The molecule has 0 amide bonds. The van der Waals surface area contributed by atoms with Gasteiger partial charge in [0.25, 0.3) is 0 Å². The number of aromatic nitrogens is 2. The lowest BCUT2D eigenvalue weighted by Crippen LogP contribution is -1.95. The van der Waals surface area contributed by atoms with Crippen molar-refractivity contribution >= 4 is 12.6 Å². The summed E-state index contributed by atoms with van der Waals surface area (Å²) >= 11 is 0.